The van der Waals surface area contributed by atoms with E-state index in [0.717, 1.165) is 37.1 Å². The van der Waals surface area contributed by atoms with Crippen LogP contribution >= 0.6 is 0 Å². The number of nitrogens with zero attached hydrogens (tertiary/aromatic N) is 2. The van der Waals surface area contributed by atoms with Crippen LogP contribution in [0.15, 0.2) is 0 Å². The van der Waals surface area contributed by atoms with E-state index in [1.165, 1.54) is 12.5 Å². The first kappa shape index (κ1) is 15.4. The molecule has 0 radical (unpaired) electrons. The predicted octanol–water partition coefficient (Wildman–Crippen LogP) is 1.57. The van der Waals surface area contributed by atoms with Gasteiger partial charge in [-0.2, -0.15) is 0 Å². The number of aryl methyl sites for hydroxylation is 2. The zero-order valence-corrected chi connectivity index (χ0v) is 13.8. The molecule has 0 saturated carbocycles. The maximum absolute atomic E-state index is 12.5. The first-order valence-corrected chi connectivity index (χ1v) is 9.39. The van der Waals surface area contributed by atoms with Gasteiger partial charge in [0.1, 0.15) is 4.75 Å². The van der Waals surface area contributed by atoms with E-state index in [9.17, 15) is 13.2 Å². The summed E-state index contributed by atoms with van der Waals surface area (Å²) in [5.41, 5.74) is 3.02. The Morgan fingerprint density at radius 1 is 1.18 bits per heavy atom. The van der Waals surface area contributed by atoms with Crippen LogP contribution in [-0.4, -0.2) is 34.8 Å². The summed E-state index contributed by atoms with van der Waals surface area (Å²) in [7, 11) is -3.40. The van der Waals surface area contributed by atoms with Crippen molar-refractivity contribution in [1.29, 1.82) is 0 Å². The van der Waals surface area contributed by atoms with Gasteiger partial charge in [0.2, 0.25) is 11.9 Å². The van der Waals surface area contributed by atoms with Crippen LogP contribution in [0.25, 0.3) is 0 Å². The van der Waals surface area contributed by atoms with Gasteiger partial charge in [-0.25, -0.2) is 18.4 Å². The van der Waals surface area contributed by atoms with Crippen LogP contribution in [0.1, 0.15) is 49.6 Å². The van der Waals surface area contributed by atoms with E-state index in [4.69, 9.17) is 0 Å². The molecule has 2 aliphatic rings. The molecule has 1 atom stereocenters. The van der Waals surface area contributed by atoms with E-state index in [1.54, 1.807) is 0 Å². The van der Waals surface area contributed by atoms with Crippen LogP contribution in [0, 0.1) is 6.92 Å². The molecule has 1 fully saturated rings. The number of hydrogen-bond acceptors (Lipinski definition) is 5. The van der Waals surface area contributed by atoms with Crippen molar-refractivity contribution in [3.8, 4) is 0 Å². The highest BCUT2D eigenvalue weighted by Crippen LogP contribution is 2.33. The van der Waals surface area contributed by atoms with E-state index in [-0.39, 0.29) is 11.7 Å². The molecule has 7 heteroatoms. The summed E-state index contributed by atoms with van der Waals surface area (Å²) in [6.07, 6.45) is 4.96. The summed E-state index contributed by atoms with van der Waals surface area (Å²) in [4.78, 5) is 21.2. The molecule has 1 aromatic heterocycles. The molecule has 0 bridgehead atoms. The Balaban J connectivity index is 1.88. The molecule has 1 aliphatic carbocycles. The van der Waals surface area contributed by atoms with Gasteiger partial charge in [0.05, 0.1) is 5.75 Å². The minimum Gasteiger partial charge on any atom is -0.293 e. The van der Waals surface area contributed by atoms with Crippen molar-refractivity contribution in [1.82, 2.24) is 9.97 Å². The van der Waals surface area contributed by atoms with E-state index >= 15 is 0 Å². The van der Waals surface area contributed by atoms with Gasteiger partial charge in [0, 0.05) is 11.4 Å². The molecule has 0 aromatic carbocycles. The van der Waals surface area contributed by atoms with Crippen molar-refractivity contribution < 1.29 is 13.2 Å². The van der Waals surface area contributed by atoms with Gasteiger partial charge in [-0.05, 0) is 57.9 Å². The highest BCUT2D eigenvalue weighted by molar-refractivity contribution is 7.93. The molecule has 1 unspecified atom stereocenters. The fraction of sp³-hybridized carbons (Fsp3) is 0.667. The average Bonchev–Trinajstić information content (AvgIpc) is 2.74. The van der Waals surface area contributed by atoms with Gasteiger partial charge in [-0.1, -0.05) is 0 Å². The van der Waals surface area contributed by atoms with Crippen molar-refractivity contribution in [3.63, 3.8) is 0 Å². The molecule has 1 aromatic rings. The molecule has 1 aliphatic heterocycles. The van der Waals surface area contributed by atoms with E-state index in [0.29, 0.717) is 12.8 Å². The number of fused-ring (bicyclic) bond motifs is 1. The molecular formula is C15H21N3O3S. The first-order chi connectivity index (χ1) is 10.3. The Bertz CT molecular complexity index is 730. The van der Waals surface area contributed by atoms with Crippen LogP contribution in [0.5, 0.6) is 0 Å². The Kier molecular flexibility index (Phi) is 3.71. The molecule has 1 saturated heterocycles. The Morgan fingerprint density at radius 3 is 2.59 bits per heavy atom. The Hall–Kier alpha value is -1.50. The summed E-state index contributed by atoms with van der Waals surface area (Å²) < 4.78 is 22.9. The summed E-state index contributed by atoms with van der Waals surface area (Å²) in [6, 6.07) is 0. The summed E-state index contributed by atoms with van der Waals surface area (Å²) in [5, 5.41) is 2.63. The largest absolute Gasteiger partial charge is 0.293 e. The molecule has 6 nitrogen and oxygen atoms in total. The van der Waals surface area contributed by atoms with Crippen LogP contribution in [0.3, 0.4) is 0 Å². The minimum absolute atomic E-state index is 0.0704. The van der Waals surface area contributed by atoms with Gasteiger partial charge in [0.15, 0.2) is 9.84 Å². The molecule has 3 rings (SSSR count). The lowest BCUT2D eigenvalue weighted by Crippen LogP contribution is -2.44. The van der Waals surface area contributed by atoms with E-state index in [2.05, 4.69) is 15.3 Å². The quantitative estimate of drug-likeness (QED) is 0.892. The summed E-state index contributed by atoms with van der Waals surface area (Å²) in [5.74, 6) is -0.215. The lowest BCUT2D eigenvalue weighted by Gasteiger charge is -2.22. The van der Waals surface area contributed by atoms with Gasteiger partial charge in [0.25, 0.3) is 0 Å². The second-order valence-corrected chi connectivity index (χ2v) is 8.91. The SMILES string of the molecule is Cc1nc(NC(=O)C2(C)CCCS2(=O)=O)nc2c1CCCC2. The summed E-state index contributed by atoms with van der Waals surface area (Å²) in [6.45, 7) is 3.41. The minimum atomic E-state index is -3.40. The molecule has 120 valence electrons. The smallest absolute Gasteiger partial charge is 0.247 e. The molecule has 1 N–H and O–H groups in total. The molecular weight excluding hydrogens is 302 g/mol. The van der Waals surface area contributed by atoms with Crippen molar-refractivity contribution in [3.05, 3.63) is 17.0 Å². The van der Waals surface area contributed by atoms with Crippen LogP contribution in [0.2, 0.25) is 0 Å². The highest BCUT2D eigenvalue weighted by Gasteiger charge is 2.50. The second kappa shape index (κ2) is 5.30. The zero-order chi connectivity index (χ0) is 16.0. The van der Waals surface area contributed by atoms with Gasteiger partial charge in [-0.15, -0.1) is 0 Å². The molecule has 1 amide bonds. The standard InChI is InChI=1S/C15H21N3O3S/c1-10-11-6-3-4-7-12(11)17-14(16-10)18-13(19)15(2)8-5-9-22(15,20)21/h3-9H2,1-2H3,(H,16,17,18,19). The van der Waals surface area contributed by atoms with Gasteiger partial charge < -0.3 is 0 Å². The van der Waals surface area contributed by atoms with Crippen molar-refractivity contribution in [2.75, 3.05) is 11.1 Å². The topological polar surface area (TPSA) is 89.0 Å². The monoisotopic (exact) mass is 323 g/mol. The Labute approximate surface area is 130 Å². The van der Waals surface area contributed by atoms with Crippen LogP contribution in [-0.2, 0) is 27.5 Å². The van der Waals surface area contributed by atoms with Gasteiger partial charge in [-0.3, -0.25) is 10.1 Å². The van der Waals surface area contributed by atoms with Crippen LogP contribution in [0.4, 0.5) is 5.95 Å². The number of rotatable bonds is 2. The molecule has 0 spiro atoms. The average molecular weight is 323 g/mol. The van der Waals surface area contributed by atoms with Crippen molar-refractivity contribution in [2.45, 2.75) is 57.1 Å². The number of nitrogens with one attached hydrogen (secondary N) is 1. The van der Waals surface area contributed by atoms with Crippen molar-refractivity contribution in [2.24, 2.45) is 0 Å². The maximum atomic E-state index is 12.5. The first-order valence-electron chi connectivity index (χ1n) is 7.74. The maximum Gasteiger partial charge on any atom is 0.247 e. The third-order valence-corrected chi connectivity index (χ3v) is 7.44. The molecule has 22 heavy (non-hydrogen) atoms. The number of amides is 1. The summed E-state index contributed by atoms with van der Waals surface area (Å²) >= 11 is 0. The number of hydrogen-bond donors (Lipinski definition) is 1. The lowest BCUT2D eigenvalue weighted by molar-refractivity contribution is -0.118. The number of anilines is 1. The third kappa shape index (κ3) is 2.41. The van der Waals surface area contributed by atoms with E-state index in [1.807, 2.05) is 6.92 Å². The Morgan fingerprint density at radius 2 is 1.91 bits per heavy atom. The van der Waals surface area contributed by atoms with Crippen LogP contribution < -0.4 is 5.32 Å². The second-order valence-electron chi connectivity index (χ2n) is 6.37. The normalized spacial score (nSPS) is 26.5. The van der Waals surface area contributed by atoms with E-state index < -0.39 is 20.5 Å². The fourth-order valence-electron chi connectivity index (χ4n) is 3.31. The zero-order valence-electron chi connectivity index (χ0n) is 13.0. The number of aromatic nitrogens is 2. The third-order valence-electron chi connectivity index (χ3n) is 4.85. The number of carbonyl (C=O) groups is 1. The highest BCUT2D eigenvalue weighted by atomic mass is 32.2. The van der Waals surface area contributed by atoms with Gasteiger partial charge >= 0.3 is 0 Å². The fourth-order valence-corrected chi connectivity index (χ4v) is 5.07. The predicted molar refractivity (Wildman–Crippen MR) is 83.5 cm³/mol. The molecule has 2 heterocycles. The number of sulfone groups is 1. The van der Waals surface area contributed by atoms with Crippen molar-refractivity contribution >= 4 is 21.7 Å². The number of carbonyl (C=O) groups excluding carboxylic acids is 1. The lowest BCUT2D eigenvalue weighted by atomic mass is 9.95.